The van der Waals surface area contributed by atoms with Gasteiger partial charge in [0.15, 0.2) is 0 Å². The lowest BCUT2D eigenvalue weighted by atomic mass is 10.1. The number of amides is 1. The van der Waals surface area contributed by atoms with E-state index < -0.39 is 41.7 Å². The zero-order valence-corrected chi connectivity index (χ0v) is 14.1. The van der Waals surface area contributed by atoms with E-state index in [1.165, 1.54) is 14.0 Å². The van der Waals surface area contributed by atoms with Crippen molar-refractivity contribution in [3.8, 4) is 5.75 Å². The molecule has 2 rings (SSSR count). The summed E-state index contributed by atoms with van der Waals surface area (Å²) < 4.78 is 64.0. The Kier molecular flexibility index (Phi) is 4.31. The van der Waals surface area contributed by atoms with Crippen molar-refractivity contribution in [1.82, 2.24) is 0 Å². The lowest BCUT2D eigenvalue weighted by molar-refractivity contribution is -0.116. The highest BCUT2D eigenvalue weighted by Gasteiger charge is 2.23. The molecule has 0 atom stereocenters. The first-order chi connectivity index (χ1) is 10.8. The highest BCUT2D eigenvalue weighted by atomic mass is 32.2. The number of nitrogens with zero attached hydrogens (tertiary/aromatic N) is 1. The van der Waals surface area contributed by atoms with E-state index >= 15 is 0 Å². The molecule has 3 N–H and O–H groups in total. The van der Waals surface area contributed by atoms with Gasteiger partial charge in [-0.2, -0.15) is 16.8 Å². The molecule has 24 heavy (non-hydrogen) atoms. The van der Waals surface area contributed by atoms with Crippen LogP contribution in [0.5, 0.6) is 5.75 Å². The van der Waals surface area contributed by atoms with Crippen LogP contribution in [0, 0.1) is 0 Å². The van der Waals surface area contributed by atoms with Crippen LogP contribution in [0.25, 0.3) is 10.8 Å². The third kappa shape index (κ3) is 3.33. The van der Waals surface area contributed by atoms with Crippen LogP contribution in [-0.4, -0.2) is 44.0 Å². The van der Waals surface area contributed by atoms with Gasteiger partial charge in [0.1, 0.15) is 10.6 Å². The number of phenols is 1. The minimum atomic E-state index is -4.75. The first-order valence-corrected chi connectivity index (χ1v) is 9.20. The first-order valence-electron chi connectivity index (χ1n) is 6.32. The largest absolute Gasteiger partial charge is 0.507 e. The molecular formula is C13H13NO8S2. The summed E-state index contributed by atoms with van der Waals surface area (Å²) in [4.78, 5) is 11.1. The summed E-state index contributed by atoms with van der Waals surface area (Å²) in [6.07, 6.45) is 0. The van der Waals surface area contributed by atoms with Gasteiger partial charge in [-0.3, -0.25) is 13.9 Å². The summed E-state index contributed by atoms with van der Waals surface area (Å²) in [7, 11) is -8.13. The van der Waals surface area contributed by atoms with Crippen LogP contribution in [0.4, 0.5) is 5.69 Å². The molecule has 9 nitrogen and oxygen atoms in total. The molecule has 2 aromatic carbocycles. The molecule has 0 aliphatic rings. The van der Waals surface area contributed by atoms with Crippen LogP contribution in [-0.2, 0) is 25.0 Å². The third-order valence-electron chi connectivity index (χ3n) is 3.39. The Morgan fingerprint density at radius 1 is 1.00 bits per heavy atom. The molecule has 0 aliphatic heterocycles. The summed E-state index contributed by atoms with van der Waals surface area (Å²) in [5.41, 5.74) is -0.201. The number of aromatic hydroxyl groups is 1. The van der Waals surface area contributed by atoms with Gasteiger partial charge in [0.25, 0.3) is 20.2 Å². The molecule has 0 unspecified atom stereocenters. The molecule has 0 saturated heterocycles. The Bertz CT molecular complexity index is 1060. The number of fused-ring (bicyclic) bond motifs is 1. The van der Waals surface area contributed by atoms with Crippen molar-refractivity contribution in [3.05, 3.63) is 24.3 Å². The van der Waals surface area contributed by atoms with Crippen molar-refractivity contribution in [3.63, 3.8) is 0 Å². The van der Waals surface area contributed by atoms with Gasteiger partial charge in [0, 0.05) is 25.4 Å². The van der Waals surface area contributed by atoms with Crippen LogP contribution in [0.2, 0.25) is 0 Å². The molecule has 0 saturated carbocycles. The number of carbonyl (C=O) groups is 1. The topological polar surface area (TPSA) is 149 Å². The summed E-state index contributed by atoms with van der Waals surface area (Å²) in [5.74, 6) is -1.09. The molecular weight excluding hydrogens is 362 g/mol. The highest BCUT2D eigenvalue weighted by Crippen LogP contribution is 2.36. The van der Waals surface area contributed by atoms with E-state index in [0.29, 0.717) is 0 Å². The van der Waals surface area contributed by atoms with Crippen molar-refractivity contribution in [2.75, 3.05) is 11.9 Å². The Labute approximate surface area is 137 Å². The normalized spacial score (nSPS) is 12.3. The number of rotatable bonds is 3. The van der Waals surface area contributed by atoms with Gasteiger partial charge in [-0.05, 0) is 23.6 Å². The van der Waals surface area contributed by atoms with E-state index in [9.17, 15) is 31.3 Å². The van der Waals surface area contributed by atoms with Crippen molar-refractivity contribution >= 4 is 42.6 Å². The van der Waals surface area contributed by atoms with Crippen LogP contribution in [0.3, 0.4) is 0 Å². The molecule has 0 aliphatic carbocycles. The minimum absolute atomic E-state index is 0.0258. The van der Waals surface area contributed by atoms with E-state index in [2.05, 4.69) is 0 Å². The van der Waals surface area contributed by atoms with E-state index in [0.717, 1.165) is 29.2 Å². The average Bonchev–Trinajstić information content (AvgIpc) is 2.43. The van der Waals surface area contributed by atoms with E-state index in [1.54, 1.807) is 0 Å². The molecule has 1 amide bonds. The van der Waals surface area contributed by atoms with E-state index in [1.807, 2.05) is 0 Å². The van der Waals surface area contributed by atoms with Crippen LogP contribution >= 0.6 is 0 Å². The van der Waals surface area contributed by atoms with Gasteiger partial charge in [-0.15, -0.1) is 0 Å². The van der Waals surface area contributed by atoms with Gasteiger partial charge < -0.3 is 10.0 Å². The Balaban J connectivity index is 2.96. The Hall–Kier alpha value is -2.21. The number of carbonyl (C=O) groups excluding carboxylic acids is 1. The predicted octanol–water partition coefficient (Wildman–Crippen LogP) is 1.02. The van der Waals surface area contributed by atoms with Gasteiger partial charge >= 0.3 is 0 Å². The standard InChI is InChI=1S/C13H13NO8S2/c1-7(15)14(2)11-6-10-8(4-13(11)24(20,21)22)3-9(5-12(10)16)23(17,18)19/h3-6,16H,1-2H3,(H,17,18,19)(H,20,21,22). The van der Waals surface area contributed by atoms with Crippen LogP contribution in [0.1, 0.15) is 6.92 Å². The molecule has 0 bridgehead atoms. The molecule has 0 radical (unpaired) electrons. The third-order valence-corrected chi connectivity index (χ3v) is 5.11. The zero-order valence-electron chi connectivity index (χ0n) is 12.5. The molecule has 0 fully saturated rings. The summed E-state index contributed by atoms with van der Waals surface area (Å²) in [6.45, 7) is 1.17. The molecule has 11 heteroatoms. The Morgan fingerprint density at radius 2 is 1.58 bits per heavy atom. The number of anilines is 1. The maximum absolute atomic E-state index is 11.6. The van der Waals surface area contributed by atoms with Crippen molar-refractivity contribution in [2.45, 2.75) is 16.7 Å². The monoisotopic (exact) mass is 375 g/mol. The van der Waals surface area contributed by atoms with E-state index in [-0.39, 0.29) is 16.5 Å². The molecule has 2 aromatic rings. The second-order valence-corrected chi connectivity index (χ2v) is 7.82. The molecule has 130 valence electrons. The van der Waals surface area contributed by atoms with Crippen LogP contribution in [0.15, 0.2) is 34.1 Å². The lowest BCUT2D eigenvalue weighted by Gasteiger charge is -2.19. The van der Waals surface area contributed by atoms with Crippen molar-refractivity contribution in [1.29, 1.82) is 0 Å². The number of benzene rings is 2. The number of phenolic OH excluding ortho intramolecular Hbond substituents is 1. The van der Waals surface area contributed by atoms with Gasteiger partial charge in [-0.1, -0.05) is 0 Å². The molecule has 0 heterocycles. The summed E-state index contributed by atoms with van der Waals surface area (Å²) in [5, 5.41) is 9.92. The second kappa shape index (κ2) is 5.70. The minimum Gasteiger partial charge on any atom is -0.507 e. The lowest BCUT2D eigenvalue weighted by Crippen LogP contribution is -2.24. The second-order valence-electron chi connectivity index (χ2n) is 5.01. The maximum atomic E-state index is 11.6. The Morgan fingerprint density at radius 3 is 2.04 bits per heavy atom. The van der Waals surface area contributed by atoms with E-state index in [4.69, 9.17) is 4.55 Å². The number of hydrogen-bond donors (Lipinski definition) is 3. The molecule has 0 aromatic heterocycles. The van der Waals surface area contributed by atoms with Gasteiger partial charge in [0.2, 0.25) is 5.91 Å². The van der Waals surface area contributed by atoms with Crippen molar-refractivity contribution < 1.29 is 35.8 Å². The van der Waals surface area contributed by atoms with Gasteiger partial charge in [-0.25, -0.2) is 0 Å². The molecule has 0 spiro atoms. The summed E-state index contributed by atoms with van der Waals surface area (Å²) >= 11 is 0. The predicted molar refractivity (Wildman–Crippen MR) is 84.3 cm³/mol. The first kappa shape index (κ1) is 18.1. The fraction of sp³-hybridized carbons (Fsp3) is 0.154. The zero-order chi connectivity index (χ0) is 18.4. The fourth-order valence-corrected chi connectivity index (χ4v) is 3.39. The maximum Gasteiger partial charge on any atom is 0.296 e. The fourth-order valence-electron chi connectivity index (χ4n) is 2.12. The smallest absolute Gasteiger partial charge is 0.296 e. The van der Waals surface area contributed by atoms with Crippen molar-refractivity contribution in [2.24, 2.45) is 0 Å². The van der Waals surface area contributed by atoms with Crippen LogP contribution < -0.4 is 4.90 Å². The SMILES string of the molecule is CC(=O)N(C)c1cc2c(O)cc(S(=O)(=O)O)cc2cc1S(=O)(=O)O. The number of hydrogen-bond acceptors (Lipinski definition) is 6. The highest BCUT2D eigenvalue weighted by molar-refractivity contribution is 7.86. The quantitative estimate of drug-likeness (QED) is 0.673. The van der Waals surface area contributed by atoms with Gasteiger partial charge in [0.05, 0.1) is 10.6 Å². The summed E-state index contributed by atoms with van der Waals surface area (Å²) in [6, 6.07) is 3.72. The average molecular weight is 375 g/mol.